The molecule has 1 N–H and O–H groups in total. The monoisotopic (exact) mass is 269 g/mol. The number of para-hydroxylation sites is 1. The highest BCUT2D eigenvalue weighted by Crippen LogP contribution is 2.41. The molecule has 1 aliphatic heterocycles. The highest BCUT2D eigenvalue weighted by atomic mass is 16.5. The fourth-order valence-corrected chi connectivity index (χ4v) is 3.27. The molecular weight excluding hydrogens is 250 g/mol. The summed E-state index contributed by atoms with van der Waals surface area (Å²) in [5.41, 5.74) is 0.204. The second-order valence-electron chi connectivity index (χ2n) is 5.83. The predicted molar refractivity (Wildman–Crippen MR) is 76.2 cm³/mol. The van der Waals surface area contributed by atoms with E-state index < -0.39 is 11.5 Å². The van der Waals surface area contributed by atoms with Gasteiger partial charge >= 0.3 is 0 Å². The summed E-state index contributed by atoms with van der Waals surface area (Å²) in [5.74, 6) is 1.00. The zero-order chi connectivity index (χ0) is 14.0. The number of rotatable bonds is 2. The molecule has 104 valence electrons. The summed E-state index contributed by atoms with van der Waals surface area (Å²) >= 11 is 0. The van der Waals surface area contributed by atoms with Crippen LogP contribution in [0.3, 0.4) is 0 Å². The molecular formula is C17H19NO2. The summed E-state index contributed by atoms with van der Waals surface area (Å²) in [4.78, 5) is 0. The van der Waals surface area contributed by atoms with E-state index in [0.29, 0.717) is 6.42 Å². The predicted octanol–water partition coefficient (Wildman–Crippen LogP) is 2.85. The Balaban J connectivity index is 1.86. The number of hydrogen-bond donors (Lipinski definition) is 1. The van der Waals surface area contributed by atoms with Gasteiger partial charge in [0.15, 0.2) is 0 Å². The fraction of sp³-hybridized carbons (Fsp3) is 0.471. The van der Waals surface area contributed by atoms with Crippen molar-refractivity contribution in [3.05, 3.63) is 42.0 Å². The number of benzene rings is 1. The van der Waals surface area contributed by atoms with Crippen LogP contribution in [0.4, 0.5) is 0 Å². The molecule has 1 aromatic carbocycles. The minimum absolute atomic E-state index is 0.161. The maximum absolute atomic E-state index is 10.7. The topological polar surface area (TPSA) is 53.2 Å². The van der Waals surface area contributed by atoms with Crippen LogP contribution in [0.5, 0.6) is 5.75 Å². The lowest BCUT2D eigenvalue weighted by Gasteiger charge is -2.39. The molecule has 1 aromatic rings. The van der Waals surface area contributed by atoms with Crippen molar-refractivity contribution in [3.8, 4) is 11.8 Å². The lowest BCUT2D eigenvalue weighted by atomic mass is 9.70. The van der Waals surface area contributed by atoms with Crippen molar-refractivity contribution in [2.45, 2.75) is 31.8 Å². The quantitative estimate of drug-likeness (QED) is 0.840. The molecule has 3 atom stereocenters. The van der Waals surface area contributed by atoms with E-state index >= 15 is 0 Å². The summed E-state index contributed by atoms with van der Waals surface area (Å²) in [7, 11) is 0. The van der Waals surface area contributed by atoms with Crippen molar-refractivity contribution in [1.82, 2.24) is 0 Å². The molecule has 1 heterocycles. The summed E-state index contributed by atoms with van der Waals surface area (Å²) in [6, 6.07) is 10.1. The van der Waals surface area contributed by atoms with Crippen molar-refractivity contribution < 1.29 is 9.84 Å². The maximum Gasteiger partial charge on any atom is 0.122 e. The Morgan fingerprint density at radius 2 is 2.20 bits per heavy atom. The molecule has 3 heteroatoms. The number of hydrogen-bond acceptors (Lipinski definition) is 3. The summed E-state index contributed by atoms with van der Waals surface area (Å²) < 4.78 is 5.74. The maximum atomic E-state index is 10.7. The van der Waals surface area contributed by atoms with Crippen LogP contribution in [0.25, 0.3) is 0 Å². The number of ether oxygens (including phenoxy) is 1. The first-order valence-electron chi connectivity index (χ1n) is 7.20. The number of nitriles is 1. The Kier molecular flexibility index (Phi) is 3.50. The zero-order valence-electron chi connectivity index (χ0n) is 11.5. The molecule has 2 aliphatic rings. The average Bonchev–Trinajstić information content (AvgIpc) is 2.54. The van der Waals surface area contributed by atoms with Gasteiger partial charge in [0.2, 0.25) is 0 Å². The van der Waals surface area contributed by atoms with Gasteiger partial charge in [0.25, 0.3) is 0 Å². The number of allylic oxidation sites excluding steroid dienone is 2. The van der Waals surface area contributed by atoms with Gasteiger partial charge in [-0.3, -0.25) is 0 Å². The van der Waals surface area contributed by atoms with Crippen molar-refractivity contribution in [2.75, 3.05) is 6.61 Å². The van der Waals surface area contributed by atoms with Gasteiger partial charge in [0.05, 0.1) is 12.2 Å². The van der Waals surface area contributed by atoms with E-state index in [9.17, 15) is 10.4 Å². The number of fused-ring (bicyclic) bond motifs is 1. The second-order valence-corrected chi connectivity index (χ2v) is 5.83. The van der Waals surface area contributed by atoms with Crippen molar-refractivity contribution in [1.29, 1.82) is 5.26 Å². The van der Waals surface area contributed by atoms with Crippen molar-refractivity contribution in [2.24, 2.45) is 11.3 Å². The van der Waals surface area contributed by atoms with E-state index in [1.54, 1.807) is 0 Å². The summed E-state index contributed by atoms with van der Waals surface area (Å²) in [6.07, 6.45) is 6.98. The Bertz CT molecular complexity index is 560. The first-order valence-corrected chi connectivity index (χ1v) is 7.20. The molecule has 3 rings (SSSR count). The van der Waals surface area contributed by atoms with Crippen LogP contribution in [-0.4, -0.2) is 17.8 Å². The van der Waals surface area contributed by atoms with Gasteiger partial charge in [-0.15, -0.1) is 0 Å². The van der Waals surface area contributed by atoms with Crippen LogP contribution in [0.15, 0.2) is 36.4 Å². The normalized spacial score (nSPS) is 29.9. The summed E-state index contributed by atoms with van der Waals surface area (Å²) in [6.45, 7) is 0.280. The number of aliphatic hydroxyl groups is 1. The molecule has 0 spiro atoms. The molecule has 1 aliphatic carbocycles. The fourth-order valence-electron chi connectivity index (χ4n) is 3.27. The van der Waals surface area contributed by atoms with Gasteiger partial charge in [-0.05, 0) is 36.8 Å². The van der Waals surface area contributed by atoms with Crippen LogP contribution in [0, 0.1) is 22.7 Å². The molecule has 0 amide bonds. The Labute approximate surface area is 119 Å². The van der Waals surface area contributed by atoms with Crippen LogP contribution in [0.1, 0.15) is 24.8 Å². The smallest absolute Gasteiger partial charge is 0.122 e. The third-order valence-corrected chi connectivity index (χ3v) is 4.51. The Morgan fingerprint density at radius 3 is 2.95 bits per heavy atom. The van der Waals surface area contributed by atoms with Crippen LogP contribution in [-0.2, 0) is 6.42 Å². The Morgan fingerprint density at radius 1 is 1.35 bits per heavy atom. The van der Waals surface area contributed by atoms with Gasteiger partial charge in [-0.25, -0.2) is 0 Å². The van der Waals surface area contributed by atoms with E-state index in [4.69, 9.17) is 4.74 Å². The second kappa shape index (κ2) is 5.30. The van der Waals surface area contributed by atoms with Gasteiger partial charge in [-0.1, -0.05) is 30.4 Å². The van der Waals surface area contributed by atoms with Crippen molar-refractivity contribution >= 4 is 0 Å². The third kappa shape index (κ3) is 2.21. The highest BCUT2D eigenvalue weighted by Gasteiger charge is 2.45. The van der Waals surface area contributed by atoms with E-state index in [1.165, 1.54) is 0 Å². The van der Waals surface area contributed by atoms with Crippen LogP contribution >= 0.6 is 0 Å². The minimum atomic E-state index is -0.815. The first-order chi connectivity index (χ1) is 9.75. The highest BCUT2D eigenvalue weighted by molar-refractivity contribution is 5.38. The minimum Gasteiger partial charge on any atom is -0.492 e. The lowest BCUT2D eigenvalue weighted by molar-refractivity contribution is -0.0224. The van der Waals surface area contributed by atoms with E-state index in [-0.39, 0.29) is 12.5 Å². The van der Waals surface area contributed by atoms with E-state index in [2.05, 4.69) is 18.2 Å². The van der Waals surface area contributed by atoms with Crippen molar-refractivity contribution in [3.63, 3.8) is 0 Å². The SMILES string of the molecule is N#CC1(C(O)C2CC=CCC2)COc2ccccc2C1. The van der Waals surface area contributed by atoms with Gasteiger partial charge in [0.1, 0.15) is 17.8 Å². The lowest BCUT2D eigenvalue weighted by Crippen LogP contribution is -2.47. The van der Waals surface area contributed by atoms with E-state index in [0.717, 1.165) is 30.6 Å². The molecule has 0 bridgehead atoms. The standard InChI is InChI=1S/C17H19NO2/c18-11-17(16(19)13-6-2-1-3-7-13)10-14-8-4-5-9-15(14)20-12-17/h1-2,4-5,8-9,13,16,19H,3,6-7,10,12H2. The number of aliphatic hydroxyl groups excluding tert-OH is 1. The van der Waals surface area contributed by atoms with Gasteiger partial charge in [0, 0.05) is 6.42 Å². The van der Waals surface area contributed by atoms with E-state index in [1.807, 2.05) is 24.3 Å². The van der Waals surface area contributed by atoms with Gasteiger partial charge in [-0.2, -0.15) is 5.26 Å². The zero-order valence-corrected chi connectivity index (χ0v) is 11.5. The Hall–Kier alpha value is -1.79. The van der Waals surface area contributed by atoms with Crippen LogP contribution in [0.2, 0.25) is 0 Å². The molecule has 0 radical (unpaired) electrons. The molecule has 0 aromatic heterocycles. The average molecular weight is 269 g/mol. The largest absolute Gasteiger partial charge is 0.492 e. The summed E-state index contributed by atoms with van der Waals surface area (Å²) in [5, 5.41) is 20.4. The number of nitrogens with zero attached hydrogens (tertiary/aromatic N) is 1. The molecule has 0 saturated carbocycles. The molecule has 0 fully saturated rings. The first kappa shape index (κ1) is 13.2. The molecule has 3 unspecified atom stereocenters. The third-order valence-electron chi connectivity index (χ3n) is 4.51. The molecule has 20 heavy (non-hydrogen) atoms. The molecule has 0 saturated heterocycles. The molecule has 3 nitrogen and oxygen atoms in total. The van der Waals surface area contributed by atoms with Gasteiger partial charge < -0.3 is 9.84 Å². The van der Waals surface area contributed by atoms with Crippen LogP contribution < -0.4 is 4.74 Å².